The lowest BCUT2D eigenvalue weighted by atomic mass is 10.2. The van der Waals surface area contributed by atoms with E-state index in [1.54, 1.807) is 0 Å². The van der Waals surface area contributed by atoms with Crippen LogP contribution in [-0.2, 0) is 14.2 Å². The zero-order valence-electron chi connectivity index (χ0n) is 18.4. The molecule has 29 heavy (non-hydrogen) atoms. The number of ether oxygens (including phenoxy) is 3. The normalized spacial score (nSPS) is 19.4. The first-order valence-corrected chi connectivity index (χ1v) is 10.6. The van der Waals surface area contributed by atoms with Crippen molar-refractivity contribution in [2.45, 2.75) is 71.1 Å². The van der Waals surface area contributed by atoms with Crippen LogP contribution >= 0.6 is 24.0 Å². The molecule has 8 nitrogen and oxygen atoms in total. The summed E-state index contributed by atoms with van der Waals surface area (Å²) in [7, 11) is 0. The highest BCUT2D eigenvalue weighted by molar-refractivity contribution is 14.0. The summed E-state index contributed by atoms with van der Waals surface area (Å²) in [6, 6.07) is 0.313. The highest BCUT2D eigenvalue weighted by Crippen LogP contribution is 2.28. The van der Waals surface area contributed by atoms with Crippen molar-refractivity contribution in [1.82, 2.24) is 15.5 Å². The Bertz CT molecular complexity index is 503. The second-order valence-electron chi connectivity index (χ2n) is 8.30. The van der Waals surface area contributed by atoms with Crippen molar-refractivity contribution in [2.75, 3.05) is 46.0 Å². The van der Waals surface area contributed by atoms with Gasteiger partial charge in [-0.15, -0.1) is 24.0 Å². The van der Waals surface area contributed by atoms with Gasteiger partial charge in [0.05, 0.1) is 12.7 Å². The molecule has 170 valence electrons. The first-order chi connectivity index (χ1) is 13.4. The lowest BCUT2D eigenvalue weighted by Gasteiger charge is -2.27. The van der Waals surface area contributed by atoms with E-state index in [-0.39, 0.29) is 36.2 Å². The molecule has 0 radical (unpaired) electrons. The molecule has 2 N–H and O–H groups in total. The predicted octanol–water partition coefficient (Wildman–Crippen LogP) is 2.75. The standard InChI is InChI=1S/C20H38N4O4.HI/c1-5-21-18(22-10-6-13-27-17-9-14-26-15-17)23-11-12-24(16-7-8-16)19(25)28-20(2,3)4;/h16-17H,5-15H2,1-4H3,(H2,21,22,23);1H. The second-order valence-corrected chi connectivity index (χ2v) is 8.30. The fourth-order valence-corrected chi connectivity index (χ4v) is 2.92. The summed E-state index contributed by atoms with van der Waals surface area (Å²) in [6.45, 7) is 12.7. The molecule has 0 bridgehead atoms. The maximum atomic E-state index is 12.4. The maximum absolute atomic E-state index is 12.4. The molecule has 2 rings (SSSR count). The van der Waals surface area contributed by atoms with Gasteiger partial charge in [-0.1, -0.05) is 0 Å². The number of amides is 1. The van der Waals surface area contributed by atoms with Crippen molar-refractivity contribution in [3.8, 4) is 0 Å². The van der Waals surface area contributed by atoms with Crippen LogP contribution in [-0.4, -0.2) is 80.7 Å². The average molecular weight is 526 g/mol. The van der Waals surface area contributed by atoms with Crippen molar-refractivity contribution >= 4 is 36.0 Å². The van der Waals surface area contributed by atoms with Crippen molar-refractivity contribution in [3.63, 3.8) is 0 Å². The van der Waals surface area contributed by atoms with Crippen LogP contribution in [0.25, 0.3) is 0 Å². The van der Waals surface area contributed by atoms with E-state index in [9.17, 15) is 4.79 Å². The molecule has 1 heterocycles. The van der Waals surface area contributed by atoms with Gasteiger partial charge in [-0.3, -0.25) is 4.99 Å². The summed E-state index contributed by atoms with van der Waals surface area (Å²) in [5, 5.41) is 6.56. The number of nitrogens with zero attached hydrogens (tertiary/aromatic N) is 2. The van der Waals surface area contributed by atoms with Gasteiger partial charge in [-0.25, -0.2) is 4.79 Å². The molecule has 1 atom stereocenters. The van der Waals surface area contributed by atoms with E-state index in [2.05, 4.69) is 15.6 Å². The van der Waals surface area contributed by atoms with E-state index in [4.69, 9.17) is 14.2 Å². The molecular formula is C20H39IN4O4. The van der Waals surface area contributed by atoms with Gasteiger partial charge in [-0.05, 0) is 53.4 Å². The molecule has 0 spiro atoms. The minimum Gasteiger partial charge on any atom is -0.444 e. The molecular weight excluding hydrogens is 487 g/mol. The van der Waals surface area contributed by atoms with Gasteiger partial charge in [0.25, 0.3) is 0 Å². The number of nitrogens with one attached hydrogen (secondary N) is 2. The average Bonchev–Trinajstić information content (AvgIpc) is 3.31. The zero-order chi connectivity index (χ0) is 20.4. The number of rotatable bonds is 10. The number of hydrogen-bond acceptors (Lipinski definition) is 5. The molecule has 9 heteroatoms. The smallest absolute Gasteiger partial charge is 0.410 e. The SMILES string of the molecule is CCNC(=NCCCOC1CCOC1)NCCN(C(=O)OC(C)(C)C)C1CC1.I. The van der Waals surface area contributed by atoms with Crippen LogP contribution < -0.4 is 10.6 Å². The molecule has 0 aromatic heterocycles. The number of carbonyl (C=O) groups excluding carboxylic acids is 1. The molecule has 1 saturated heterocycles. The van der Waals surface area contributed by atoms with Gasteiger partial charge in [-0.2, -0.15) is 0 Å². The highest BCUT2D eigenvalue weighted by atomic mass is 127. The zero-order valence-corrected chi connectivity index (χ0v) is 20.7. The topological polar surface area (TPSA) is 84.4 Å². The third-order valence-corrected chi connectivity index (χ3v) is 4.42. The minimum atomic E-state index is -0.471. The monoisotopic (exact) mass is 526 g/mol. The fraction of sp³-hybridized carbons (Fsp3) is 0.900. The van der Waals surface area contributed by atoms with Gasteiger partial charge in [0.2, 0.25) is 0 Å². The number of carbonyl (C=O) groups is 1. The van der Waals surface area contributed by atoms with Crippen LogP contribution in [0.15, 0.2) is 4.99 Å². The van der Waals surface area contributed by atoms with E-state index in [0.717, 1.165) is 44.8 Å². The Balaban J connectivity index is 0.00000420. The Labute approximate surface area is 192 Å². The Hall–Kier alpha value is -0.810. The van der Waals surface area contributed by atoms with E-state index in [1.807, 2.05) is 32.6 Å². The van der Waals surface area contributed by atoms with Crippen molar-refractivity contribution in [2.24, 2.45) is 4.99 Å². The summed E-state index contributed by atoms with van der Waals surface area (Å²) in [5.74, 6) is 0.770. The van der Waals surface area contributed by atoms with E-state index >= 15 is 0 Å². The number of halogens is 1. The molecule has 1 amide bonds. The third kappa shape index (κ3) is 11.2. The van der Waals surface area contributed by atoms with Crippen LogP contribution in [0, 0.1) is 0 Å². The van der Waals surface area contributed by atoms with E-state index < -0.39 is 5.60 Å². The van der Waals surface area contributed by atoms with E-state index in [1.165, 1.54) is 0 Å². The highest BCUT2D eigenvalue weighted by Gasteiger charge is 2.34. The lowest BCUT2D eigenvalue weighted by molar-refractivity contribution is 0.0237. The fourth-order valence-electron chi connectivity index (χ4n) is 2.92. The Morgan fingerprint density at radius 1 is 1.24 bits per heavy atom. The molecule has 2 aliphatic rings. The Kier molecular flexibility index (Phi) is 12.2. The van der Waals surface area contributed by atoms with Gasteiger partial charge < -0.3 is 29.7 Å². The Morgan fingerprint density at radius 3 is 2.59 bits per heavy atom. The maximum Gasteiger partial charge on any atom is 0.410 e. The summed E-state index contributed by atoms with van der Waals surface area (Å²) >= 11 is 0. The largest absolute Gasteiger partial charge is 0.444 e. The van der Waals surface area contributed by atoms with Gasteiger partial charge in [0.1, 0.15) is 5.60 Å². The van der Waals surface area contributed by atoms with Crippen molar-refractivity contribution in [3.05, 3.63) is 0 Å². The van der Waals surface area contributed by atoms with Crippen molar-refractivity contribution < 1.29 is 19.0 Å². The third-order valence-electron chi connectivity index (χ3n) is 4.42. The quantitative estimate of drug-likeness (QED) is 0.197. The van der Waals surface area contributed by atoms with Crippen LogP contribution in [0.2, 0.25) is 0 Å². The molecule has 1 aliphatic heterocycles. The summed E-state index contributed by atoms with van der Waals surface area (Å²) in [4.78, 5) is 18.8. The van der Waals surface area contributed by atoms with E-state index in [0.29, 0.717) is 38.9 Å². The molecule has 1 unspecified atom stereocenters. The molecule has 1 saturated carbocycles. The number of aliphatic imine (C=N–C) groups is 1. The predicted molar refractivity (Wildman–Crippen MR) is 125 cm³/mol. The van der Waals surface area contributed by atoms with Gasteiger partial charge in [0.15, 0.2) is 5.96 Å². The summed E-state index contributed by atoms with van der Waals surface area (Å²) in [6.07, 6.45) is 3.99. The van der Waals surface area contributed by atoms with Crippen molar-refractivity contribution in [1.29, 1.82) is 0 Å². The van der Waals surface area contributed by atoms with Gasteiger partial charge >= 0.3 is 6.09 Å². The lowest BCUT2D eigenvalue weighted by Crippen LogP contribution is -2.45. The van der Waals surface area contributed by atoms with Crippen LogP contribution in [0.5, 0.6) is 0 Å². The molecule has 2 fully saturated rings. The number of hydrogen-bond donors (Lipinski definition) is 2. The first-order valence-electron chi connectivity index (χ1n) is 10.6. The first kappa shape index (κ1) is 26.2. The summed E-state index contributed by atoms with van der Waals surface area (Å²) in [5.41, 5.74) is -0.471. The van der Waals surface area contributed by atoms with Crippen LogP contribution in [0.3, 0.4) is 0 Å². The summed E-state index contributed by atoms with van der Waals surface area (Å²) < 4.78 is 16.6. The minimum absolute atomic E-state index is 0. The van der Waals surface area contributed by atoms with Crippen LogP contribution in [0.1, 0.15) is 53.4 Å². The van der Waals surface area contributed by atoms with Gasteiger partial charge in [0, 0.05) is 45.4 Å². The number of guanidine groups is 1. The molecule has 0 aromatic rings. The second kappa shape index (κ2) is 13.5. The molecule has 0 aromatic carbocycles. The molecule has 1 aliphatic carbocycles. The van der Waals surface area contributed by atoms with Crippen LogP contribution in [0.4, 0.5) is 4.79 Å². The Morgan fingerprint density at radius 2 is 2.00 bits per heavy atom.